The van der Waals surface area contributed by atoms with Crippen molar-refractivity contribution in [3.05, 3.63) is 52.7 Å². The van der Waals surface area contributed by atoms with Gasteiger partial charge in [0, 0.05) is 31.6 Å². The van der Waals surface area contributed by atoms with Gasteiger partial charge < -0.3 is 9.80 Å². The molecule has 0 aliphatic carbocycles. The van der Waals surface area contributed by atoms with Crippen LogP contribution in [0.5, 0.6) is 0 Å². The van der Waals surface area contributed by atoms with Crippen LogP contribution < -0.4 is 9.80 Å². The topological polar surface area (TPSA) is 63.0 Å². The molecule has 1 aliphatic rings. The van der Waals surface area contributed by atoms with Crippen molar-refractivity contribution in [2.45, 2.75) is 20.8 Å². The molecule has 0 atom stereocenters. The first kappa shape index (κ1) is 18.1. The van der Waals surface area contributed by atoms with Gasteiger partial charge in [0.25, 0.3) is 0 Å². The van der Waals surface area contributed by atoms with Gasteiger partial charge in [-0.2, -0.15) is 5.10 Å². The number of hydrogen-bond acceptors (Lipinski definition) is 7. The van der Waals surface area contributed by atoms with Crippen LogP contribution in [0, 0.1) is 20.8 Å². The lowest BCUT2D eigenvalue weighted by atomic mass is 10.1. The van der Waals surface area contributed by atoms with Gasteiger partial charge in [-0.1, -0.05) is 29.5 Å². The van der Waals surface area contributed by atoms with Crippen LogP contribution in [0.1, 0.15) is 16.3 Å². The zero-order valence-electron chi connectivity index (χ0n) is 16.8. The summed E-state index contributed by atoms with van der Waals surface area (Å²) in [7, 11) is 0. The Morgan fingerprint density at radius 3 is 2.31 bits per heavy atom. The Labute approximate surface area is 173 Å². The fraction of sp³-hybridized carbons (Fsp3) is 0.333. The van der Waals surface area contributed by atoms with E-state index in [1.807, 2.05) is 29.8 Å². The van der Waals surface area contributed by atoms with Crippen LogP contribution >= 0.6 is 11.3 Å². The number of fused-ring (bicyclic) bond motifs is 1. The van der Waals surface area contributed by atoms with E-state index in [2.05, 4.69) is 52.0 Å². The van der Waals surface area contributed by atoms with E-state index in [1.54, 1.807) is 11.3 Å². The van der Waals surface area contributed by atoms with Crippen molar-refractivity contribution in [1.82, 2.24) is 25.0 Å². The van der Waals surface area contributed by atoms with Crippen LogP contribution in [-0.4, -0.2) is 51.1 Å². The second-order valence-electron chi connectivity index (χ2n) is 7.41. The van der Waals surface area contributed by atoms with Crippen molar-refractivity contribution in [2.24, 2.45) is 0 Å². The minimum atomic E-state index is 0.912. The third-order valence-corrected chi connectivity index (χ3v) is 6.29. The number of anilines is 2. The zero-order valence-corrected chi connectivity index (χ0v) is 17.6. The van der Waals surface area contributed by atoms with Crippen molar-refractivity contribution < 1.29 is 0 Å². The number of aryl methyl sites for hydroxylation is 3. The first-order valence-corrected chi connectivity index (χ1v) is 10.6. The summed E-state index contributed by atoms with van der Waals surface area (Å²) in [5, 5.41) is 16.4. The maximum absolute atomic E-state index is 5.04. The lowest BCUT2D eigenvalue weighted by Gasteiger charge is -2.35. The number of benzene rings is 1. The van der Waals surface area contributed by atoms with Crippen LogP contribution in [0.3, 0.4) is 0 Å². The number of piperazine rings is 1. The molecule has 0 radical (unpaired) electrons. The van der Waals surface area contributed by atoms with Crippen LogP contribution in [0.2, 0.25) is 0 Å². The van der Waals surface area contributed by atoms with Gasteiger partial charge in [-0.15, -0.1) is 10.2 Å². The predicted octanol–water partition coefficient (Wildman–Crippen LogP) is 3.52. The number of hydrogen-bond donors (Lipinski definition) is 0. The number of aromatic nitrogens is 5. The molecule has 1 fully saturated rings. The quantitative estimate of drug-likeness (QED) is 0.520. The second kappa shape index (κ2) is 7.11. The van der Waals surface area contributed by atoms with Crippen molar-refractivity contribution in [3.63, 3.8) is 0 Å². The zero-order chi connectivity index (χ0) is 20.0. The number of rotatable bonds is 3. The molecule has 4 heterocycles. The summed E-state index contributed by atoms with van der Waals surface area (Å²) in [6.45, 7) is 9.87. The van der Waals surface area contributed by atoms with Gasteiger partial charge in [-0.05, 0) is 44.5 Å². The van der Waals surface area contributed by atoms with E-state index in [0.29, 0.717) is 0 Å². The molecule has 7 nitrogen and oxygen atoms in total. The minimum absolute atomic E-state index is 0.912. The van der Waals surface area contributed by atoms with Gasteiger partial charge in [-0.3, -0.25) is 0 Å². The molecule has 0 bridgehead atoms. The highest BCUT2D eigenvalue weighted by atomic mass is 32.1. The molecular weight excluding hydrogens is 382 g/mol. The number of pyridine rings is 1. The molecule has 4 aromatic rings. The first-order valence-electron chi connectivity index (χ1n) is 9.82. The third-order valence-electron chi connectivity index (χ3n) is 5.39. The van der Waals surface area contributed by atoms with E-state index in [1.165, 1.54) is 5.56 Å². The highest BCUT2D eigenvalue weighted by Crippen LogP contribution is 2.28. The third kappa shape index (κ3) is 3.23. The molecule has 148 valence electrons. The van der Waals surface area contributed by atoms with Crippen LogP contribution in [-0.2, 0) is 0 Å². The molecule has 0 unspecified atom stereocenters. The van der Waals surface area contributed by atoms with E-state index < -0.39 is 0 Å². The highest BCUT2D eigenvalue weighted by molar-refractivity contribution is 7.15. The van der Waals surface area contributed by atoms with Gasteiger partial charge in [0.05, 0.1) is 11.4 Å². The molecule has 1 aliphatic heterocycles. The smallest absolute Gasteiger partial charge is 0.208 e. The largest absolute Gasteiger partial charge is 0.353 e. The minimum Gasteiger partial charge on any atom is -0.353 e. The summed E-state index contributed by atoms with van der Waals surface area (Å²) in [4.78, 5) is 9.71. The van der Waals surface area contributed by atoms with Crippen molar-refractivity contribution in [3.8, 4) is 5.69 Å². The molecular formula is C21H23N7S. The lowest BCUT2D eigenvalue weighted by Crippen LogP contribution is -2.46. The normalized spacial score (nSPS) is 14.7. The van der Waals surface area contributed by atoms with Crippen LogP contribution in [0.15, 0.2) is 36.4 Å². The SMILES string of the molecule is Cc1nnc(N2CCN(c3cc(C)c4c(C)nn(-c5ccccc5)c4n3)CC2)s1. The van der Waals surface area contributed by atoms with Gasteiger partial charge in [0.15, 0.2) is 5.65 Å². The second-order valence-corrected chi connectivity index (χ2v) is 8.57. The van der Waals surface area contributed by atoms with E-state index >= 15 is 0 Å². The Hall–Kier alpha value is -3.00. The van der Waals surface area contributed by atoms with E-state index in [-0.39, 0.29) is 0 Å². The molecule has 0 saturated carbocycles. The molecule has 29 heavy (non-hydrogen) atoms. The summed E-state index contributed by atoms with van der Waals surface area (Å²) in [6, 6.07) is 12.4. The van der Waals surface area contributed by atoms with Crippen LogP contribution in [0.4, 0.5) is 10.9 Å². The fourth-order valence-corrected chi connectivity index (χ4v) is 4.68. The average Bonchev–Trinajstić information content (AvgIpc) is 3.32. The van der Waals surface area contributed by atoms with Gasteiger partial charge in [0.2, 0.25) is 5.13 Å². The van der Waals surface area contributed by atoms with Crippen molar-refractivity contribution in [1.29, 1.82) is 0 Å². The summed E-state index contributed by atoms with van der Waals surface area (Å²) in [5.74, 6) is 1.01. The molecule has 0 spiro atoms. The summed E-state index contributed by atoms with van der Waals surface area (Å²) in [5.41, 5.74) is 4.18. The highest BCUT2D eigenvalue weighted by Gasteiger charge is 2.22. The monoisotopic (exact) mass is 405 g/mol. The summed E-state index contributed by atoms with van der Waals surface area (Å²) < 4.78 is 1.96. The summed E-state index contributed by atoms with van der Waals surface area (Å²) in [6.07, 6.45) is 0. The maximum atomic E-state index is 5.04. The molecule has 0 N–H and O–H groups in total. The van der Waals surface area contributed by atoms with Gasteiger partial charge in [-0.25, -0.2) is 9.67 Å². The molecule has 1 saturated heterocycles. The predicted molar refractivity (Wildman–Crippen MR) is 117 cm³/mol. The lowest BCUT2D eigenvalue weighted by molar-refractivity contribution is 0.644. The molecule has 5 rings (SSSR count). The molecule has 1 aromatic carbocycles. The number of nitrogens with zero attached hydrogens (tertiary/aromatic N) is 7. The molecule has 0 amide bonds. The average molecular weight is 406 g/mol. The molecule has 3 aromatic heterocycles. The maximum Gasteiger partial charge on any atom is 0.208 e. The Kier molecular flexibility index (Phi) is 4.43. The Morgan fingerprint density at radius 2 is 1.62 bits per heavy atom. The van der Waals surface area contributed by atoms with E-state index in [4.69, 9.17) is 10.1 Å². The Morgan fingerprint density at radius 1 is 0.897 bits per heavy atom. The van der Waals surface area contributed by atoms with Crippen molar-refractivity contribution in [2.75, 3.05) is 36.0 Å². The van der Waals surface area contributed by atoms with E-state index in [9.17, 15) is 0 Å². The van der Waals surface area contributed by atoms with E-state index in [0.717, 1.165) is 64.6 Å². The Bertz CT molecular complexity index is 1160. The standard InChI is InChI=1S/C21H23N7S/c1-14-13-18(26-9-11-27(12-10-26)21-24-23-16(3)29-21)22-20-19(14)15(2)25-28(20)17-7-5-4-6-8-17/h4-8,13H,9-12H2,1-3H3. The van der Waals surface area contributed by atoms with Crippen molar-refractivity contribution >= 4 is 33.3 Å². The summed E-state index contributed by atoms with van der Waals surface area (Å²) >= 11 is 1.66. The van der Waals surface area contributed by atoms with Crippen LogP contribution in [0.25, 0.3) is 16.7 Å². The first-order chi connectivity index (χ1) is 14.1. The van der Waals surface area contributed by atoms with Gasteiger partial charge in [0.1, 0.15) is 10.8 Å². The van der Waals surface area contributed by atoms with Gasteiger partial charge >= 0.3 is 0 Å². The Balaban J connectivity index is 1.47. The molecule has 8 heteroatoms. The number of para-hydroxylation sites is 1. The fourth-order valence-electron chi connectivity index (χ4n) is 3.94.